The molecule has 0 aliphatic carbocycles. The van der Waals surface area contributed by atoms with Gasteiger partial charge in [-0.05, 0) is 23.8 Å². The zero-order chi connectivity index (χ0) is 22.9. The van der Waals surface area contributed by atoms with E-state index in [1.807, 2.05) is 12.1 Å². The van der Waals surface area contributed by atoms with Crippen LogP contribution in [0.1, 0.15) is 48.0 Å². The fourth-order valence-corrected chi connectivity index (χ4v) is 3.98. The lowest BCUT2D eigenvalue weighted by molar-refractivity contribution is -0.126. The number of phenolic OH excluding ortho intramolecular Hbond substituents is 1. The average molecular weight is 436 g/mol. The molecule has 1 N–H and O–H groups in total. The second-order valence-corrected chi connectivity index (χ2v) is 9.21. The van der Waals surface area contributed by atoms with Crippen LogP contribution in [0.4, 0.5) is 5.82 Å². The number of carbonyl (C=O) groups is 2. The molecule has 7 heteroatoms. The lowest BCUT2D eigenvalue weighted by atomic mass is 9.89. The number of para-hydroxylation sites is 1. The minimum absolute atomic E-state index is 0.106. The van der Waals surface area contributed by atoms with Crippen LogP contribution in [-0.2, 0) is 21.4 Å². The van der Waals surface area contributed by atoms with Crippen LogP contribution >= 0.6 is 0 Å². The van der Waals surface area contributed by atoms with Crippen molar-refractivity contribution in [1.82, 2.24) is 9.88 Å². The molecule has 1 fully saturated rings. The Hall–Kier alpha value is -3.35. The van der Waals surface area contributed by atoms with E-state index in [0.29, 0.717) is 56.2 Å². The van der Waals surface area contributed by atoms with Crippen LogP contribution in [0.3, 0.4) is 0 Å². The number of amides is 1. The second kappa shape index (κ2) is 8.65. The summed E-state index contributed by atoms with van der Waals surface area (Å²) in [5.74, 6) is 0.376. The molecular weight excluding hydrogens is 406 g/mol. The number of phenols is 1. The predicted molar refractivity (Wildman–Crippen MR) is 123 cm³/mol. The molecular formula is C25H29N3O4. The fourth-order valence-electron chi connectivity index (χ4n) is 3.98. The third-order valence-corrected chi connectivity index (χ3v) is 5.89. The van der Waals surface area contributed by atoms with Crippen LogP contribution in [0.5, 0.6) is 5.75 Å². The van der Waals surface area contributed by atoms with Crippen molar-refractivity contribution in [3.63, 3.8) is 0 Å². The van der Waals surface area contributed by atoms with E-state index < -0.39 is 0 Å². The van der Waals surface area contributed by atoms with Gasteiger partial charge in [0.15, 0.2) is 0 Å². The number of hydrogen-bond donors (Lipinski definition) is 1. The van der Waals surface area contributed by atoms with Gasteiger partial charge in [-0.3, -0.25) is 4.79 Å². The molecule has 1 amide bonds. The molecule has 32 heavy (non-hydrogen) atoms. The summed E-state index contributed by atoms with van der Waals surface area (Å²) in [4.78, 5) is 33.9. The molecule has 0 atom stereocenters. The maximum absolute atomic E-state index is 12.6. The number of fused-ring (bicyclic) bond motifs is 1. The van der Waals surface area contributed by atoms with Crippen molar-refractivity contribution in [3.8, 4) is 5.75 Å². The van der Waals surface area contributed by atoms with Gasteiger partial charge in [0, 0.05) is 55.3 Å². The van der Waals surface area contributed by atoms with Crippen LogP contribution < -0.4 is 4.90 Å². The Morgan fingerprint density at radius 1 is 1.16 bits per heavy atom. The van der Waals surface area contributed by atoms with Gasteiger partial charge in [0.25, 0.3) is 0 Å². The number of benzene rings is 1. The van der Waals surface area contributed by atoms with Crippen molar-refractivity contribution >= 4 is 23.8 Å². The molecule has 2 aliphatic rings. The molecule has 0 unspecified atom stereocenters. The van der Waals surface area contributed by atoms with Crippen LogP contribution in [0.25, 0.3) is 6.08 Å². The Morgan fingerprint density at radius 2 is 1.88 bits per heavy atom. The Bertz CT molecular complexity index is 1060. The van der Waals surface area contributed by atoms with Gasteiger partial charge in [0.1, 0.15) is 17.1 Å². The second-order valence-electron chi connectivity index (χ2n) is 9.21. The van der Waals surface area contributed by atoms with Crippen molar-refractivity contribution in [2.24, 2.45) is 0 Å². The first kappa shape index (κ1) is 21.9. The standard InChI is InChI=1S/C25H29N3O4/c1-25(2,3)20-16-18-10-15-32-24(31)22(18)23(26-20)28-13-11-27(12-14-28)21(30)9-8-17-6-4-5-7-19(17)29/h4-9,16,29H,10-15H2,1-3H3. The minimum atomic E-state index is -0.321. The largest absolute Gasteiger partial charge is 0.507 e. The highest BCUT2D eigenvalue weighted by Gasteiger charge is 2.31. The van der Waals surface area contributed by atoms with E-state index in [4.69, 9.17) is 9.72 Å². The summed E-state index contributed by atoms with van der Waals surface area (Å²) in [7, 11) is 0. The van der Waals surface area contributed by atoms with Gasteiger partial charge in [0.05, 0.1) is 6.61 Å². The van der Waals surface area contributed by atoms with Gasteiger partial charge in [-0.2, -0.15) is 0 Å². The molecule has 0 bridgehead atoms. The van der Waals surface area contributed by atoms with Crippen LogP contribution in [0, 0.1) is 0 Å². The third kappa shape index (κ3) is 4.47. The summed E-state index contributed by atoms with van der Waals surface area (Å²) in [6, 6.07) is 8.93. The van der Waals surface area contributed by atoms with Gasteiger partial charge in [-0.1, -0.05) is 39.0 Å². The summed E-state index contributed by atoms with van der Waals surface area (Å²) in [5.41, 5.74) is 2.96. The molecule has 7 nitrogen and oxygen atoms in total. The van der Waals surface area contributed by atoms with Crippen LogP contribution in [-0.4, -0.2) is 59.7 Å². The maximum Gasteiger partial charge on any atom is 0.342 e. The number of aromatic nitrogens is 1. The number of piperazine rings is 1. The zero-order valence-electron chi connectivity index (χ0n) is 18.8. The van der Waals surface area contributed by atoms with E-state index in [1.54, 1.807) is 29.2 Å². The lowest BCUT2D eigenvalue weighted by Gasteiger charge is -2.37. The van der Waals surface area contributed by atoms with E-state index in [2.05, 4.69) is 25.7 Å². The number of pyridine rings is 1. The first-order valence-corrected chi connectivity index (χ1v) is 11.0. The Labute approximate surface area is 188 Å². The Morgan fingerprint density at radius 3 is 2.56 bits per heavy atom. The quantitative estimate of drug-likeness (QED) is 0.589. The number of hydrogen-bond acceptors (Lipinski definition) is 6. The van der Waals surface area contributed by atoms with Crippen LogP contribution in [0.2, 0.25) is 0 Å². The van der Waals surface area contributed by atoms with E-state index in [9.17, 15) is 14.7 Å². The number of ether oxygens (including phenoxy) is 1. The topological polar surface area (TPSA) is 83.0 Å². The van der Waals surface area contributed by atoms with Gasteiger partial charge < -0.3 is 19.6 Å². The molecule has 0 saturated carbocycles. The number of carbonyl (C=O) groups excluding carboxylic acids is 2. The highest BCUT2D eigenvalue weighted by molar-refractivity contribution is 5.97. The van der Waals surface area contributed by atoms with Crippen molar-refractivity contribution in [2.45, 2.75) is 32.6 Å². The van der Waals surface area contributed by atoms with Crippen LogP contribution in [0.15, 0.2) is 36.4 Å². The number of anilines is 1. The highest BCUT2D eigenvalue weighted by Crippen LogP contribution is 2.32. The van der Waals surface area contributed by atoms with Crippen molar-refractivity contribution in [1.29, 1.82) is 0 Å². The summed E-state index contributed by atoms with van der Waals surface area (Å²) in [5, 5.41) is 9.86. The number of esters is 1. The van der Waals surface area contributed by atoms with E-state index in [0.717, 1.165) is 11.3 Å². The molecule has 0 spiro atoms. The van der Waals surface area contributed by atoms with Crippen molar-refractivity contribution in [3.05, 3.63) is 58.8 Å². The molecule has 2 aliphatic heterocycles. The van der Waals surface area contributed by atoms with Gasteiger partial charge in [-0.15, -0.1) is 0 Å². The third-order valence-electron chi connectivity index (χ3n) is 5.89. The van der Waals surface area contributed by atoms with E-state index >= 15 is 0 Å². The Kier molecular flexibility index (Phi) is 5.91. The molecule has 0 radical (unpaired) electrons. The fraction of sp³-hybridized carbons (Fsp3) is 0.400. The van der Waals surface area contributed by atoms with E-state index in [1.165, 1.54) is 6.08 Å². The minimum Gasteiger partial charge on any atom is -0.507 e. The zero-order valence-corrected chi connectivity index (χ0v) is 18.8. The monoisotopic (exact) mass is 435 g/mol. The SMILES string of the molecule is CC(C)(C)c1cc2c(c(N3CCN(C(=O)C=Cc4ccccc4O)CC3)n1)C(=O)OCC2. The molecule has 168 valence electrons. The van der Waals surface area contributed by atoms with Crippen molar-refractivity contribution < 1.29 is 19.4 Å². The summed E-state index contributed by atoms with van der Waals surface area (Å²) in [6.07, 6.45) is 3.81. The lowest BCUT2D eigenvalue weighted by Crippen LogP contribution is -2.49. The Balaban J connectivity index is 1.51. The molecule has 1 aromatic carbocycles. The number of rotatable bonds is 3. The number of cyclic esters (lactones) is 1. The summed E-state index contributed by atoms with van der Waals surface area (Å²) < 4.78 is 5.30. The molecule has 1 aromatic heterocycles. The normalized spacial score (nSPS) is 16.8. The predicted octanol–water partition coefficient (Wildman–Crippen LogP) is 3.16. The highest BCUT2D eigenvalue weighted by atomic mass is 16.5. The van der Waals surface area contributed by atoms with E-state index in [-0.39, 0.29) is 23.0 Å². The smallest absolute Gasteiger partial charge is 0.342 e. The summed E-state index contributed by atoms with van der Waals surface area (Å²) in [6.45, 7) is 8.93. The number of aromatic hydroxyl groups is 1. The molecule has 2 aromatic rings. The first-order valence-electron chi connectivity index (χ1n) is 11.0. The van der Waals surface area contributed by atoms with Crippen molar-refractivity contribution in [2.75, 3.05) is 37.7 Å². The average Bonchev–Trinajstić information content (AvgIpc) is 2.77. The first-order chi connectivity index (χ1) is 15.2. The maximum atomic E-state index is 12.6. The molecule has 1 saturated heterocycles. The summed E-state index contributed by atoms with van der Waals surface area (Å²) >= 11 is 0. The number of nitrogens with zero attached hydrogens (tertiary/aromatic N) is 3. The van der Waals surface area contributed by atoms with Gasteiger partial charge in [-0.25, -0.2) is 9.78 Å². The molecule has 4 rings (SSSR count). The molecule has 3 heterocycles. The van der Waals surface area contributed by atoms with Gasteiger partial charge >= 0.3 is 5.97 Å². The van der Waals surface area contributed by atoms with Gasteiger partial charge in [0.2, 0.25) is 5.91 Å².